The van der Waals surface area contributed by atoms with Crippen LogP contribution in [0.2, 0.25) is 0 Å². The van der Waals surface area contributed by atoms with Crippen molar-refractivity contribution >= 4 is 5.82 Å². The topological polar surface area (TPSA) is 56.7 Å². The molecule has 0 unspecified atom stereocenters. The molecule has 0 aliphatic heterocycles. The molecule has 0 saturated heterocycles. The van der Waals surface area contributed by atoms with Crippen LogP contribution in [-0.2, 0) is 12.5 Å². The first-order valence-electron chi connectivity index (χ1n) is 5.65. The Labute approximate surface area is 101 Å². The number of nitrogens with zero attached hydrogens (tertiary/aromatic N) is 3. The average Bonchev–Trinajstić information content (AvgIpc) is 2.60. The molecule has 0 amide bonds. The van der Waals surface area contributed by atoms with Gasteiger partial charge in [-0.25, -0.2) is 4.98 Å². The second-order valence-electron chi connectivity index (χ2n) is 5.26. The maximum absolute atomic E-state index is 5.72. The standard InChI is InChI=1S/C13H18N4/c1-13(2,3)12-9(8-17(4)16-12)10-6-5-7-11(14)15-10/h5-8H,1-4H3,(H2,14,15). The van der Waals surface area contributed by atoms with Crippen LogP contribution in [0.1, 0.15) is 26.5 Å². The predicted octanol–water partition coefficient (Wildman–Crippen LogP) is 2.36. The third-order valence-corrected chi connectivity index (χ3v) is 2.59. The summed E-state index contributed by atoms with van der Waals surface area (Å²) in [7, 11) is 1.92. The summed E-state index contributed by atoms with van der Waals surface area (Å²) in [6, 6.07) is 5.66. The van der Waals surface area contributed by atoms with Gasteiger partial charge in [0.25, 0.3) is 0 Å². The van der Waals surface area contributed by atoms with Crippen LogP contribution in [0.3, 0.4) is 0 Å². The summed E-state index contributed by atoms with van der Waals surface area (Å²) >= 11 is 0. The maximum atomic E-state index is 5.72. The van der Waals surface area contributed by atoms with Crippen molar-refractivity contribution < 1.29 is 0 Å². The number of aryl methyl sites for hydroxylation is 1. The Morgan fingerprint density at radius 1 is 1.24 bits per heavy atom. The van der Waals surface area contributed by atoms with E-state index in [1.165, 1.54) is 0 Å². The molecule has 0 bridgehead atoms. The zero-order chi connectivity index (χ0) is 12.6. The lowest BCUT2D eigenvalue weighted by molar-refractivity contribution is 0.554. The van der Waals surface area contributed by atoms with Gasteiger partial charge in [-0.05, 0) is 12.1 Å². The van der Waals surface area contributed by atoms with Crippen LogP contribution in [0.15, 0.2) is 24.4 Å². The molecule has 2 aromatic rings. The van der Waals surface area contributed by atoms with Crippen LogP contribution < -0.4 is 5.73 Å². The van der Waals surface area contributed by atoms with Gasteiger partial charge in [-0.15, -0.1) is 0 Å². The highest BCUT2D eigenvalue weighted by atomic mass is 15.3. The summed E-state index contributed by atoms with van der Waals surface area (Å²) in [6.07, 6.45) is 1.99. The van der Waals surface area contributed by atoms with E-state index >= 15 is 0 Å². The van der Waals surface area contributed by atoms with Crippen molar-refractivity contribution in [1.29, 1.82) is 0 Å². The first-order valence-corrected chi connectivity index (χ1v) is 5.65. The fourth-order valence-electron chi connectivity index (χ4n) is 1.83. The third-order valence-electron chi connectivity index (χ3n) is 2.59. The zero-order valence-electron chi connectivity index (χ0n) is 10.7. The second kappa shape index (κ2) is 3.87. The van der Waals surface area contributed by atoms with Gasteiger partial charge in [-0.3, -0.25) is 4.68 Å². The van der Waals surface area contributed by atoms with Gasteiger partial charge in [-0.1, -0.05) is 26.8 Å². The van der Waals surface area contributed by atoms with Crippen LogP contribution in [0.5, 0.6) is 0 Å². The minimum absolute atomic E-state index is 0.0110. The van der Waals surface area contributed by atoms with Crippen molar-refractivity contribution in [2.24, 2.45) is 7.05 Å². The van der Waals surface area contributed by atoms with Crippen molar-refractivity contribution in [1.82, 2.24) is 14.8 Å². The Balaban J connectivity index is 2.60. The number of nitrogen functional groups attached to an aromatic ring is 1. The molecule has 4 nitrogen and oxygen atoms in total. The summed E-state index contributed by atoms with van der Waals surface area (Å²) in [5, 5.41) is 4.52. The maximum Gasteiger partial charge on any atom is 0.124 e. The Hall–Kier alpha value is -1.84. The lowest BCUT2D eigenvalue weighted by Crippen LogP contribution is -2.14. The van der Waals surface area contributed by atoms with E-state index in [1.807, 2.05) is 30.1 Å². The van der Waals surface area contributed by atoms with Gasteiger partial charge in [0.1, 0.15) is 5.82 Å². The van der Waals surface area contributed by atoms with E-state index in [4.69, 9.17) is 5.73 Å². The van der Waals surface area contributed by atoms with E-state index in [0.29, 0.717) is 5.82 Å². The van der Waals surface area contributed by atoms with Gasteiger partial charge < -0.3 is 5.73 Å². The lowest BCUT2D eigenvalue weighted by Gasteiger charge is -2.17. The lowest BCUT2D eigenvalue weighted by atomic mass is 9.89. The zero-order valence-corrected chi connectivity index (χ0v) is 10.7. The SMILES string of the molecule is Cn1cc(-c2cccc(N)n2)c(C(C)(C)C)n1. The fraction of sp³-hybridized carbons (Fsp3) is 0.385. The number of aromatic nitrogens is 3. The molecule has 2 heterocycles. The minimum atomic E-state index is -0.0110. The molecule has 0 radical (unpaired) electrons. The second-order valence-corrected chi connectivity index (χ2v) is 5.26. The molecule has 4 heteroatoms. The van der Waals surface area contributed by atoms with Crippen molar-refractivity contribution in [2.75, 3.05) is 5.73 Å². The molecule has 0 aromatic carbocycles. The summed E-state index contributed by atoms with van der Waals surface area (Å²) in [4.78, 5) is 4.36. The summed E-state index contributed by atoms with van der Waals surface area (Å²) in [5.74, 6) is 0.534. The van der Waals surface area contributed by atoms with Crippen LogP contribution in [-0.4, -0.2) is 14.8 Å². The van der Waals surface area contributed by atoms with Crippen molar-refractivity contribution in [3.05, 3.63) is 30.1 Å². The molecule has 2 N–H and O–H groups in total. The number of anilines is 1. The summed E-state index contributed by atoms with van der Waals surface area (Å²) in [5.41, 5.74) is 8.68. The normalized spacial score (nSPS) is 11.8. The quantitative estimate of drug-likeness (QED) is 0.818. The number of hydrogen-bond acceptors (Lipinski definition) is 3. The molecule has 0 spiro atoms. The smallest absolute Gasteiger partial charge is 0.124 e. The van der Waals surface area contributed by atoms with Crippen molar-refractivity contribution in [3.8, 4) is 11.3 Å². The molecule has 0 saturated carbocycles. The molecule has 2 aromatic heterocycles. The first kappa shape index (κ1) is 11.6. The number of rotatable bonds is 1. The largest absolute Gasteiger partial charge is 0.384 e. The molecular weight excluding hydrogens is 212 g/mol. The molecule has 2 rings (SSSR count). The van der Waals surface area contributed by atoms with E-state index in [0.717, 1.165) is 17.0 Å². The number of pyridine rings is 1. The highest BCUT2D eigenvalue weighted by molar-refractivity contribution is 5.64. The van der Waals surface area contributed by atoms with Crippen LogP contribution in [0, 0.1) is 0 Å². The molecule has 0 atom stereocenters. The monoisotopic (exact) mass is 230 g/mol. The van der Waals surface area contributed by atoms with Crippen molar-refractivity contribution in [2.45, 2.75) is 26.2 Å². The van der Waals surface area contributed by atoms with Gasteiger partial charge >= 0.3 is 0 Å². The van der Waals surface area contributed by atoms with Gasteiger partial charge in [0.05, 0.1) is 11.4 Å². The van der Waals surface area contributed by atoms with E-state index in [2.05, 4.69) is 30.9 Å². The van der Waals surface area contributed by atoms with Gasteiger partial charge in [0.15, 0.2) is 0 Å². The molecule has 0 fully saturated rings. The van der Waals surface area contributed by atoms with E-state index in [9.17, 15) is 0 Å². The first-order chi connectivity index (χ1) is 7.88. The van der Waals surface area contributed by atoms with E-state index < -0.39 is 0 Å². The molecule has 90 valence electrons. The van der Waals surface area contributed by atoms with E-state index in [-0.39, 0.29) is 5.41 Å². The van der Waals surface area contributed by atoms with Crippen LogP contribution >= 0.6 is 0 Å². The van der Waals surface area contributed by atoms with Crippen LogP contribution in [0.4, 0.5) is 5.82 Å². The molecule has 0 aliphatic carbocycles. The summed E-state index contributed by atoms with van der Waals surface area (Å²) in [6.45, 7) is 6.43. The Kier molecular flexibility index (Phi) is 2.65. The number of nitrogens with two attached hydrogens (primary N) is 1. The Morgan fingerprint density at radius 3 is 2.53 bits per heavy atom. The highest BCUT2D eigenvalue weighted by Crippen LogP contribution is 2.30. The summed E-state index contributed by atoms with van der Waals surface area (Å²) < 4.78 is 1.82. The molecular formula is C13H18N4. The number of hydrogen-bond donors (Lipinski definition) is 1. The molecule has 17 heavy (non-hydrogen) atoms. The third kappa shape index (κ3) is 2.30. The Bertz CT molecular complexity index is 535. The van der Waals surface area contributed by atoms with E-state index in [1.54, 1.807) is 6.07 Å². The van der Waals surface area contributed by atoms with Gasteiger partial charge in [0, 0.05) is 24.2 Å². The van der Waals surface area contributed by atoms with Crippen LogP contribution in [0.25, 0.3) is 11.3 Å². The van der Waals surface area contributed by atoms with Gasteiger partial charge in [0.2, 0.25) is 0 Å². The average molecular weight is 230 g/mol. The van der Waals surface area contributed by atoms with Gasteiger partial charge in [-0.2, -0.15) is 5.10 Å². The minimum Gasteiger partial charge on any atom is -0.384 e. The molecule has 0 aliphatic rings. The highest BCUT2D eigenvalue weighted by Gasteiger charge is 2.23. The fourth-order valence-corrected chi connectivity index (χ4v) is 1.83. The predicted molar refractivity (Wildman–Crippen MR) is 69.6 cm³/mol. The Morgan fingerprint density at radius 2 is 1.94 bits per heavy atom. The van der Waals surface area contributed by atoms with Crippen molar-refractivity contribution in [3.63, 3.8) is 0 Å².